The van der Waals surface area contributed by atoms with Crippen LogP contribution in [0.2, 0.25) is 5.02 Å². The summed E-state index contributed by atoms with van der Waals surface area (Å²) in [4.78, 5) is 23.0. The van der Waals surface area contributed by atoms with Crippen LogP contribution >= 0.6 is 11.6 Å². The van der Waals surface area contributed by atoms with Crippen molar-refractivity contribution in [2.75, 3.05) is 0 Å². The quantitative estimate of drug-likeness (QED) is 0.876. The number of para-hydroxylation sites is 1. The van der Waals surface area contributed by atoms with Crippen LogP contribution in [-0.4, -0.2) is 29.1 Å². The van der Waals surface area contributed by atoms with E-state index in [0.29, 0.717) is 30.0 Å². The smallest absolute Gasteiger partial charge is 0.306 e. The summed E-state index contributed by atoms with van der Waals surface area (Å²) in [6.07, 6.45) is 1.07. The third kappa shape index (κ3) is 4.11. The maximum absolute atomic E-state index is 12.1. The van der Waals surface area contributed by atoms with E-state index >= 15 is 0 Å². The molecule has 0 radical (unpaired) electrons. The van der Waals surface area contributed by atoms with Crippen molar-refractivity contribution in [3.05, 3.63) is 29.3 Å². The topological polar surface area (TPSA) is 75.6 Å². The average molecular weight is 312 g/mol. The largest absolute Gasteiger partial charge is 0.481 e. The van der Waals surface area contributed by atoms with Crippen molar-refractivity contribution in [1.82, 2.24) is 5.32 Å². The molecule has 3 atom stereocenters. The van der Waals surface area contributed by atoms with Gasteiger partial charge in [-0.2, -0.15) is 0 Å². The minimum atomic E-state index is -0.799. The lowest BCUT2D eigenvalue weighted by atomic mass is 10.1. The molecule has 0 saturated heterocycles. The number of amides is 1. The van der Waals surface area contributed by atoms with Gasteiger partial charge in [-0.1, -0.05) is 23.7 Å². The van der Waals surface area contributed by atoms with Crippen LogP contribution in [0.5, 0.6) is 5.75 Å². The molecule has 1 saturated carbocycles. The van der Waals surface area contributed by atoms with Gasteiger partial charge in [0.1, 0.15) is 5.75 Å². The second-order valence-corrected chi connectivity index (χ2v) is 5.65. The number of carbonyl (C=O) groups is 2. The number of halogens is 1. The molecule has 1 aromatic rings. The molecule has 2 rings (SSSR count). The molecule has 1 unspecified atom stereocenters. The van der Waals surface area contributed by atoms with Gasteiger partial charge in [0.2, 0.25) is 0 Å². The molecule has 0 aromatic heterocycles. The Morgan fingerprint density at radius 2 is 2.10 bits per heavy atom. The molecule has 6 heteroatoms. The summed E-state index contributed by atoms with van der Waals surface area (Å²) in [5.41, 5.74) is 0. The molecule has 1 amide bonds. The van der Waals surface area contributed by atoms with E-state index in [2.05, 4.69) is 5.32 Å². The van der Waals surface area contributed by atoms with Crippen LogP contribution in [0.15, 0.2) is 24.3 Å². The van der Waals surface area contributed by atoms with E-state index in [0.717, 1.165) is 0 Å². The molecular weight excluding hydrogens is 294 g/mol. The van der Waals surface area contributed by atoms with Gasteiger partial charge in [-0.25, -0.2) is 0 Å². The Hall–Kier alpha value is -1.75. The van der Waals surface area contributed by atoms with Crippen LogP contribution in [0, 0.1) is 5.92 Å². The maximum atomic E-state index is 12.1. The first-order valence-corrected chi connectivity index (χ1v) is 7.29. The molecule has 114 valence electrons. The number of nitrogens with one attached hydrogen (secondary N) is 1. The number of aliphatic carboxylic acids is 1. The van der Waals surface area contributed by atoms with E-state index in [4.69, 9.17) is 21.4 Å². The van der Waals surface area contributed by atoms with Crippen LogP contribution in [0.25, 0.3) is 0 Å². The highest BCUT2D eigenvalue weighted by Crippen LogP contribution is 2.26. The molecule has 1 aliphatic carbocycles. The fourth-order valence-electron chi connectivity index (χ4n) is 2.44. The zero-order valence-corrected chi connectivity index (χ0v) is 12.5. The number of rotatable bonds is 5. The highest BCUT2D eigenvalue weighted by atomic mass is 35.5. The SMILES string of the molecule is CC(Oc1ccccc1Cl)C(=O)N[C@@H]1CC[C@H](C(=O)O)C1. The van der Waals surface area contributed by atoms with Gasteiger partial charge in [0.15, 0.2) is 6.10 Å². The first-order chi connectivity index (χ1) is 9.97. The van der Waals surface area contributed by atoms with Gasteiger partial charge in [-0.15, -0.1) is 0 Å². The number of benzene rings is 1. The molecule has 0 aliphatic heterocycles. The van der Waals surface area contributed by atoms with Crippen molar-refractivity contribution in [3.63, 3.8) is 0 Å². The summed E-state index contributed by atoms with van der Waals surface area (Å²) in [5, 5.41) is 12.2. The fourth-order valence-corrected chi connectivity index (χ4v) is 2.62. The third-order valence-corrected chi connectivity index (χ3v) is 3.95. The molecule has 21 heavy (non-hydrogen) atoms. The summed E-state index contributed by atoms with van der Waals surface area (Å²) in [7, 11) is 0. The van der Waals surface area contributed by atoms with E-state index in [1.807, 2.05) is 0 Å². The number of hydrogen-bond donors (Lipinski definition) is 2. The Balaban J connectivity index is 1.86. The van der Waals surface area contributed by atoms with E-state index < -0.39 is 12.1 Å². The van der Waals surface area contributed by atoms with E-state index in [-0.39, 0.29) is 17.9 Å². The van der Waals surface area contributed by atoms with Gasteiger partial charge < -0.3 is 15.2 Å². The zero-order chi connectivity index (χ0) is 15.4. The number of hydrogen-bond acceptors (Lipinski definition) is 3. The molecule has 2 N–H and O–H groups in total. The lowest BCUT2D eigenvalue weighted by molar-refractivity contribution is -0.141. The molecule has 1 fully saturated rings. The first kappa shape index (κ1) is 15.6. The summed E-state index contributed by atoms with van der Waals surface area (Å²) in [5.74, 6) is -0.968. The van der Waals surface area contributed by atoms with Gasteiger partial charge in [0.05, 0.1) is 10.9 Å². The number of ether oxygens (including phenoxy) is 1. The van der Waals surface area contributed by atoms with Gasteiger partial charge >= 0.3 is 5.97 Å². The number of carbonyl (C=O) groups excluding carboxylic acids is 1. The molecule has 1 aromatic carbocycles. The predicted molar refractivity (Wildman–Crippen MR) is 78.4 cm³/mol. The van der Waals surface area contributed by atoms with Gasteiger partial charge in [0, 0.05) is 6.04 Å². The first-order valence-electron chi connectivity index (χ1n) is 6.91. The van der Waals surface area contributed by atoms with Gasteiger partial charge in [-0.3, -0.25) is 9.59 Å². The van der Waals surface area contributed by atoms with Crippen molar-refractivity contribution < 1.29 is 19.4 Å². The van der Waals surface area contributed by atoms with Crippen molar-refractivity contribution in [2.45, 2.75) is 38.3 Å². The molecule has 0 bridgehead atoms. The number of carboxylic acids is 1. The lowest BCUT2D eigenvalue weighted by Gasteiger charge is -2.18. The molecule has 0 spiro atoms. The van der Waals surface area contributed by atoms with Gasteiger partial charge in [0.25, 0.3) is 5.91 Å². The lowest BCUT2D eigenvalue weighted by Crippen LogP contribution is -2.41. The van der Waals surface area contributed by atoms with Crippen LogP contribution in [0.1, 0.15) is 26.2 Å². The minimum Gasteiger partial charge on any atom is -0.481 e. The van der Waals surface area contributed by atoms with E-state index in [1.165, 1.54) is 0 Å². The number of carboxylic acid groups (broad SMARTS) is 1. The summed E-state index contributed by atoms with van der Waals surface area (Å²) in [6.45, 7) is 1.64. The Labute approximate surface area is 128 Å². The third-order valence-electron chi connectivity index (χ3n) is 3.64. The Morgan fingerprint density at radius 3 is 2.71 bits per heavy atom. The van der Waals surface area contributed by atoms with E-state index in [9.17, 15) is 9.59 Å². The van der Waals surface area contributed by atoms with Crippen molar-refractivity contribution in [1.29, 1.82) is 0 Å². The van der Waals surface area contributed by atoms with Crippen LogP contribution in [0.3, 0.4) is 0 Å². The Morgan fingerprint density at radius 1 is 1.38 bits per heavy atom. The molecular formula is C15H18ClNO4. The van der Waals surface area contributed by atoms with E-state index in [1.54, 1.807) is 31.2 Å². The Bertz CT molecular complexity index is 534. The standard InChI is InChI=1S/C15H18ClNO4/c1-9(21-13-5-3-2-4-12(13)16)14(18)17-11-7-6-10(8-11)15(19)20/h2-5,9-11H,6-8H2,1H3,(H,17,18)(H,19,20)/t9?,10-,11+/m0/s1. The van der Waals surface area contributed by atoms with Crippen molar-refractivity contribution in [3.8, 4) is 5.75 Å². The zero-order valence-electron chi connectivity index (χ0n) is 11.7. The highest BCUT2D eigenvalue weighted by Gasteiger charge is 2.31. The maximum Gasteiger partial charge on any atom is 0.306 e. The highest BCUT2D eigenvalue weighted by molar-refractivity contribution is 6.32. The predicted octanol–water partition coefficient (Wildman–Crippen LogP) is 2.48. The van der Waals surface area contributed by atoms with Crippen LogP contribution in [0.4, 0.5) is 0 Å². The average Bonchev–Trinajstić information content (AvgIpc) is 2.90. The summed E-state index contributed by atoms with van der Waals surface area (Å²) >= 11 is 5.98. The van der Waals surface area contributed by atoms with Crippen molar-refractivity contribution >= 4 is 23.5 Å². The van der Waals surface area contributed by atoms with Crippen LogP contribution < -0.4 is 10.1 Å². The summed E-state index contributed by atoms with van der Waals surface area (Å²) < 4.78 is 5.53. The summed E-state index contributed by atoms with van der Waals surface area (Å²) in [6, 6.07) is 6.85. The normalized spacial score (nSPS) is 22.6. The minimum absolute atomic E-state index is 0.101. The molecule has 1 aliphatic rings. The molecule has 5 nitrogen and oxygen atoms in total. The monoisotopic (exact) mass is 311 g/mol. The van der Waals surface area contributed by atoms with Gasteiger partial charge in [-0.05, 0) is 38.3 Å². The second-order valence-electron chi connectivity index (χ2n) is 5.24. The Kier molecular flexibility index (Phi) is 5.07. The second kappa shape index (κ2) is 6.80. The van der Waals surface area contributed by atoms with Crippen molar-refractivity contribution in [2.24, 2.45) is 5.92 Å². The fraction of sp³-hybridized carbons (Fsp3) is 0.467. The van der Waals surface area contributed by atoms with Crippen LogP contribution in [-0.2, 0) is 9.59 Å². The molecule has 0 heterocycles.